The molecule has 3 N–H and O–H groups in total. The number of carbonyl (C=O) groups is 1. The van der Waals surface area contributed by atoms with Crippen molar-refractivity contribution >= 4 is 17.3 Å². The lowest BCUT2D eigenvalue weighted by Gasteiger charge is -2.21. The number of nitrogen functional groups attached to an aromatic ring is 1. The lowest BCUT2D eigenvalue weighted by Crippen LogP contribution is -2.23. The number of benzene rings is 1. The zero-order chi connectivity index (χ0) is 13.8. The van der Waals surface area contributed by atoms with E-state index in [0.717, 1.165) is 31.6 Å². The number of hydrogen-bond donors (Lipinski definition) is 2. The summed E-state index contributed by atoms with van der Waals surface area (Å²) < 4.78 is 4.80. The van der Waals surface area contributed by atoms with E-state index < -0.39 is 0 Å². The highest BCUT2D eigenvalue weighted by Crippen LogP contribution is 2.30. The first-order chi connectivity index (χ1) is 9.15. The second kappa shape index (κ2) is 5.93. The van der Waals surface area contributed by atoms with Gasteiger partial charge < -0.3 is 20.5 Å². The van der Waals surface area contributed by atoms with Crippen molar-refractivity contribution in [2.75, 3.05) is 37.4 Å². The first-order valence-electron chi connectivity index (χ1n) is 6.49. The Kier molecular flexibility index (Phi) is 4.27. The molecule has 1 heterocycles. The van der Waals surface area contributed by atoms with E-state index >= 15 is 0 Å². The lowest BCUT2D eigenvalue weighted by molar-refractivity contribution is 0.0601. The van der Waals surface area contributed by atoms with Crippen molar-refractivity contribution in [2.45, 2.75) is 12.8 Å². The number of hydrogen-bond acceptors (Lipinski definition) is 5. The molecule has 5 nitrogen and oxygen atoms in total. The Morgan fingerprint density at radius 2 is 2.37 bits per heavy atom. The largest absolute Gasteiger partial charge is 0.465 e. The first-order valence-corrected chi connectivity index (χ1v) is 6.49. The summed E-state index contributed by atoms with van der Waals surface area (Å²) in [7, 11) is 1.37. The van der Waals surface area contributed by atoms with Crippen LogP contribution in [0.2, 0.25) is 0 Å². The Bertz CT molecular complexity index is 462. The smallest absolute Gasteiger partial charge is 0.340 e. The molecule has 1 aliphatic heterocycles. The second-order valence-electron chi connectivity index (χ2n) is 4.88. The van der Waals surface area contributed by atoms with E-state index in [0.29, 0.717) is 17.2 Å². The Morgan fingerprint density at radius 1 is 1.58 bits per heavy atom. The van der Waals surface area contributed by atoms with Crippen LogP contribution in [-0.2, 0) is 4.74 Å². The summed E-state index contributed by atoms with van der Waals surface area (Å²) in [6.45, 7) is 1.96. The number of nitrogens with two attached hydrogens (primary N) is 1. The summed E-state index contributed by atoms with van der Waals surface area (Å²) in [5, 5.41) is 8.99. The van der Waals surface area contributed by atoms with Crippen LogP contribution in [0.25, 0.3) is 0 Å². The molecular formula is C14H20N2O3. The van der Waals surface area contributed by atoms with Gasteiger partial charge in [0.05, 0.1) is 18.4 Å². The van der Waals surface area contributed by atoms with Gasteiger partial charge in [0, 0.05) is 25.4 Å². The first kappa shape index (κ1) is 13.7. The molecule has 104 valence electrons. The molecule has 1 fully saturated rings. The molecule has 19 heavy (non-hydrogen) atoms. The number of carbonyl (C=O) groups excluding carboxylic acids is 1. The lowest BCUT2D eigenvalue weighted by atomic mass is 10.1. The number of methoxy groups -OCH3 is 1. The molecule has 0 aliphatic carbocycles. The van der Waals surface area contributed by atoms with E-state index in [2.05, 4.69) is 4.90 Å². The zero-order valence-electron chi connectivity index (χ0n) is 11.1. The van der Waals surface area contributed by atoms with Gasteiger partial charge in [-0.1, -0.05) is 0 Å². The van der Waals surface area contributed by atoms with Crippen molar-refractivity contribution in [2.24, 2.45) is 5.92 Å². The van der Waals surface area contributed by atoms with E-state index in [1.807, 2.05) is 6.07 Å². The van der Waals surface area contributed by atoms with Crippen molar-refractivity contribution in [3.63, 3.8) is 0 Å². The maximum absolute atomic E-state index is 11.8. The van der Waals surface area contributed by atoms with E-state index in [1.54, 1.807) is 12.1 Å². The maximum atomic E-state index is 11.8. The minimum Gasteiger partial charge on any atom is -0.465 e. The molecule has 2 rings (SSSR count). The predicted molar refractivity (Wildman–Crippen MR) is 74.2 cm³/mol. The highest BCUT2D eigenvalue weighted by molar-refractivity contribution is 5.97. The number of nitrogens with zero attached hydrogens (tertiary/aromatic N) is 1. The average molecular weight is 264 g/mol. The summed E-state index contributed by atoms with van der Waals surface area (Å²) >= 11 is 0. The molecule has 1 saturated heterocycles. The van der Waals surface area contributed by atoms with Crippen LogP contribution in [0.3, 0.4) is 0 Å². The fraction of sp³-hybridized carbons (Fsp3) is 0.500. The van der Waals surface area contributed by atoms with Gasteiger partial charge in [-0.25, -0.2) is 4.79 Å². The molecule has 1 aromatic carbocycles. The van der Waals surface area contributed by atoms with Gasteiger partial charge in [-0.3, -0.25) is 0 Å². The van der Waals surface area contributed by atoms with Gasteiger partial charge in [-0.15, -0.1) is 0 Å². The predicted octanol–water partition coefficient (Wildman–Crippen LogP) is 1.26. The molecule has 1 atom stereocenters. The molecule has 1 unspecified atom stereocenters. The monoisotopic (exact) mass is 264 g/mol. The summed E-state index contributed by atoms with van der Waals surface area (Å²) in [4.78, 5) is 14.0. The molecule has 0 aromatic heterocycles. The van der Waals surface area contributed by atoms with Crippen LogP contribution in [0.15, 0.2) is 18.2 Å². The van der Waals surface area contributed by atoms with E-state index in [1.165, 1.54) is 7.11 Å². The van der Waals surface area contributed by atoms with Crippen molar-refractivity contribution in [1.29, 1.82) is 0 Å². The molecule has 1 aromatic rings. The summed E-state index contributed by atoms with van der Waals surface area (Å²) in [6.07, 6.45) is 1.84. The zero-order valence-corrected chi connectivity index (χ0v) is 11.1. The molecule has 1 aliphatic rings. The van der Waals surface area contributed by atoms with Crippen molar-refractivity contribution in [3.05, 3.63) is 23.8 Å². The molecule has 0 bridgehead atoms. The maximum Gasteiger partial charge on any atom is 0.340 e. The van der Waals surface area contributed by atoms with Crippen molar-refractivity contribution in [3.8, 4) is 0 Å². The van der Waals surface area contributed by atoms with Gasteiger partial charge in [0.25, 0.3) is 0 Å². The molecule has 0 amide bonds. The second-order valence-corrected chi connectivity index (χ2v) is 4.88. The Labute approximate surface area is 113 Å². The van der Waals surface area contributed by atoms with E-state index in [-0.39, 0.29) is 12.6 Å². The van der Waals surface area contributed by atoms with Crippen LogP contribution in [0.5, 0.6) is 0 Å². The van der Waals surface area contributed by atoms with Gasteiger partial charge in [-0.2, -0.15) is 0 Å². The normalized spacial score (nSPS) is 18.6. The third kappa shape index (κ3) is 2.98. The topological polar surface area (TPSA) is 75.8 Å². The SMILES string of the molecule is COC(=O)c1cc(N)ccc1N1CCC(CCO)C1. The molecule has 0 saturated carbocycles. The standard InChI is InChI=1S/C14H20N2O3/c1-19-14(18)12-8-11(15)2-3-13(12)16-6-4-10(9-16)5-7-17/h2-3,8,10,17H,4-7,9,15H2,1H3. The number of esters is 1. The van der Waals surface area contributed by atoms with Crippen molar-refractivity contribution in [1.82, 2.24) is 0 Å². The fourth-order valence-corrected chi connectivity index (χ4v) is 2.57. The van der Waals surface area contributed by atoms with Gasteiger partial charge in [0.1, 0.15) is 0 Å². The molecular weight excluding hydrogens is 244 g/mol. The van der Waals surface area contributed by atoms with Crippen LogP contribution in [0.4, 0.5) is 11.4 Å². The van der Waals surface area contributed by atoms with Crippen LogP contribution in [-0.4, -0.2) is 37.9 Å². The molecule has 0 spiro atoms. The van der Waals surface area contributed by atoms with Crippen LogP contribution in [0.1, 0.15) is 23.2 Å². The Morgan fingerprint density at radius 3 is 3.05 bits per heavy atom. The third-order valence-corrected chi connectivity index (χ3v) is 3.59. The Balaban J connectivity index is 2.22. The molecule has 0 radical (unpaired) electrons. The summed E-state index contributed by atoms with van der Waals surface area (Å²) in [6, 6.07) is 5.31. The van der Waals surface area contributed by atoms with E-state index in [4.69, 9.17) is 15.6 Å². The highest BCUT2D eigenvalue weighted by atomic mass is 16.5. The van der Waals surface area contributed by atoms with Crippen LogP contribution in [0, 0.1) is 5.92 Å². The van der Waals surface area contributed by atoms with Gasteiger partial charge in [0.15, 0.2) is 0 Å². The minimum atomic E-state index is -0.368. The number of rotatable bonds is 4. The summed E-state index contributed by atoms with van der Waals surface area (Å²) in [5.41, 5.74) is 7.65. The van der Waals surface area contributed by atoms with Crippen LogP contribution < -0.4 is 10.6 Å². The van der Waals surface area contributed by atoms with Crippen molar-refractivity contribution < 1.29 is 14.6 Å². The fourth-order valence-electron chi connectivity index (χ4n) is 2.57. The number of aliphatic hydroxyl groups excluding tert-OH is 1. The quantitative estimate of drug-likeness (QED) is 0.632. The van der Waals surface area contributed by atoms with Gasteiger partial charge in [0.2, 0.25) is 0 Å². The Hall–Kier alpha value is -1.75. The average Bonchev–Trinajstić information content (AvgIpc) is 2.86. The number of ether oxygens (including phenoxy) is 1. The van der Waals surface area contributed by atoms with E-state index in [9.17, 15) is 4.79 Å². The van der Waals surface area contributed by atoms with Crippen LogP contribution >= 0.6 is 0 Å². The highest BCUT2D eigenvalue weighted by Gasteiger charge is 2.25. The number of aliphatic hydroxyl groups is 1. The van der Waals surface area contributed by atoms with Gasteiger partial charge >= 0.3 is 5.97 Å². The summed E-state index contributed by atoms with van der Waals surface area (Å²) in [5.74, 6) is 0.112. The number of anilines is 2. The molecule has 5 heteroatoms. The van der Waals surface area contributed by atoms with Gasteiger partial charge in [-0.05, 0) is 37.0 Å². The minimum absolute atomic E-state index is 0.212. The third-order valence-electron chi connectivity index (χ3n) is 3.59.